The number of amides is 1. The van der Waals surface area contributed by atoms with Gasteiger partial charge in [-0.05, 0) is 68.7 Å². The maximum Gasteiger partial charge on any atom is 0.300 e. The molecular formula is C32H35NO6. The maximum absolute atomic E-state index is 13.6. The molecule has 0 radical (unpaired) electrons. The van der Waals surface area contributed by atoms with Gasteiger partial charge in [-0.1, -0.05) is 43.7 Å². The quantitative estimate of drug-likeness (QED) is 0.184. The number of hydrogen-bond acceptors (Lipinski definition) is 6. The highest BCUT2D eigenvalue weighted by Crippen LogP contribution is 2.44. The van der Waals surface area contributed by atoms with E-state index in [0.717, 1.165) is 5.56 Å². The molecule has 0 saturated carbocycles. The van der Waals surface area contributed by atoms with E-state index >= 15 is 0 Å². The van der Waals surface area contributed by atoms with Crippen LogP contribution in [0.25, 0.3) is 5.76 Å². The predicted octanol–water partition coefficient (Wildman–Crippen LogP) is 6.45. The SMILES string of the molecule is CCOc1ccc(/C(O)=C2/C(=O)C(=O)N(c3ccc(OCC(C)C)cc3)C2c2cccc(C)c2)c(OCC)c1. The second-order valence-electron chi connectivity index (χ2n) is 9.81. The lowest BCUT2D eigenvalue weighted by Crippen LogP contribution is -2.29. The van der Waals surface area contributed by atoms with Crippen LogP contribution in [0.3, 0.4) is 0 Å². The molecule has 39 heavy (non-hydrogen) atoms. The van der Waals surface area contributed by atoms with Gasteiger partial charge in [0.25, 0.3) is 11.7 Å². The Morgan fingerprint density at radius 1 is 0.897 bits per heavy atom. The van der Waals surface area contributed by atoms with Crippen LogP contribution in [-0.4, -0.2) is 36.6 Å². The Labute approximate surface area is 229 Å². The van der Waals surface area contributed by atoms with Crippen LogP contribution >= 0.6 is 0 Å². The fraction of sp³-hybridized carbons (Fsp3) is 0.312. The Balaban J connectivity index is 1.86. The molecule has 1 fully saturated rings. The van der Waals surface area contributed by atoms with Crippen LogP contribution in [0.1, 0.15) is 50.4 Å². The number of ketones is 1. The average Bonchev–Trinajstić information content (AvgIpc) is 3.18. The van der Waals surface area contributed by atoms with E-state index < -0.39 is 17.7 Å². The molecule has 0 spiro atoms. The summed E-state index contributed by atoms with van der Waals surface area (Å²) in [5.74, 6) is 0.193. The second-order valence-corrected chi connectivity index (χ2v) is 9.81. The van der Waals surface area contributed by atoms with Gasteiger partial charge in [0.1, 0.15) is 23.0 Å². The van der Waals surface area contributed by atoms with Gasteiger partial charge < -0.3 is 19.3 Å². The molecule has 1 saturated heterocycles. The van der Waals surface area contributed by atoms with Crippen molar-refractivity contribution < 1.29 is 28.9 Å². The number of aryl methyl sites for hydroxylation is 1. The van der Waals surface area contributed by atoms with Crippen LogP contribution in [0.5, 0.6) is 17.2 Å². The summed E-state index contributed by atoms with van der Waals surface area (Å²) in [6.45, 7) is 11.2. The first-order valence-electron chi connectivity index (χ1n) is 13.3. The Hall–Kier alpha value is -4.26. The number of anilines is 1. The first-order valence-corrected chi connectivity index (χ1v) is 13.3. The van der Waals surface area contributed by atoms with Gasteiger partial charge >= 0.3 is 0 Å². The van der Waals surface area contributed by atoms with Gasteiger partial charge in [-0.15, -0.1) is 0 Å². The molecular weight excluding hydrogens is 494 g/mol. The molecule has 1 heterocycles. The van der Waals surface area contributed by atoms with E-state index in [-0.39, 0.29) is 11.3 Å². The minimum absolute atomic E-state index is 0.00385. The summed E-state index contributed by atoms with van der Waals surface area (Å²) in [6.07, 6.45) is 0. The summed E-state index contributed by atoms with van der Waals surface area (Å²) < 4.78 is 17.2. The molecule has 204 valence electrons. The van der Waals surface area contributed by atoms with E-state index in [0.29, 0.717) is 59.8 Å². The van der Waals surface area contributed by atoms with Gasteiger partial charge in [-0.3, -0.25) is 14.5 Å². The van der Waals surface area contributed by atoms with Crippen molar-refractivity contribution in [3.63, 3.8) is 0 Å². The van der Waals surface area contributed by atoms with Crippen molar-refractivity contribution in [2.45, 2.75) is 40.7 Å². The number of nitrogens with zero attached hydrogens (tertiary/aromatic N) is 1. The lowest BCUT2D eigenvalue weighted by molar-refractivity contribution is -0.132. The molecule has 1 unspecified atom stereocenters. The summed E-state index contributed by atoms with van der Waals surface area (Å²) in [4.78, 5) is 28.5. The number of aliphatic hydroxyl groups excluding tert-OH is 1. The molecule has 7 heteroatoms. The summed E-state index contributed by atoms with van der Waals surface area (Å²) in [5, 5.41) is 11.6. The maximum atomic E-state index is 13.6. The van der Waals surface area contributed by atoms with Gasteiger partial charge in [0, 0.05) is 11.8 Å². The molecule has 1 aliphatic heterocycles. The molecule has 1 amide bonds. The molecule has 7 nitrogen and oxygen atoms in total. The van der Waals surface area contributed by atoms with Crippen molar-refractivity contribution in [3.8, 4) is 17.2 Å². The highest BCUT2D eigenvalue weighted by molar-refractivity contribution is 6.51. The summed E-state index contributed by atoms with van der Waals surface area (Å²) in [5.41, 5.74) is 2.51. The molecule has 1 atom stereocenters. The second kappa shape index (κ2) is 12.1. The van der Waals surface area contributed by atoms with Crippen molar-refractivity contribution in [2.24, 2.45) is 5.92 Å². The normalized spacial score (nSPS) is 16.6. The topological polar surface area (TPSA) is 85.3 Å². The van der Waals surface area contributed by atoms with E-state index in [4.69, 9.17) is 14.2 Å². The predicted molar refractivity (Wildman–Crippen MR) is 152 cm³/mol. The van der Waals surface area contributed by atoms with Crippen LogP contribution in [0.4, 0.5) is 5.69 Å². The van der Waals surface area contributed by atoms with E-state index in [1.807, 2.05) is 45.0 Å². The number of benzene rings is 3. The fourth-order valence-electron chi connectivity index (χ4n) is 4.60. The van der Waals surface area contributed by atoms with Crippen LogP contribution in [0, 0.1) is 12.8 Å². The Morgan fingerprint density at radius 3 is 2.23 bits per heavy atom. The van der Waals surface area contributed by atoms with Gasteiger partial charge in [0.2, 0.25) is 0 Å². The Morgan fingerprint density at radius 2 is 1.59 bits per heavy atom. The highest BCUT2D eigenvalue weighted by atomic mass is 16.5. The van der Waals surface area contributed by atoms with Crippen LogP contribution in [-0.2, 0) is 9.59 Å². The number of aliphatic hydroxyl groups is 1. The van der Waals surface area contributed by atoms with E-state index in [1.54, 1.807) is 42.5 Å². The highest BCUT2D eigenvalue weighted by Gasteiger charge is 2.47. The molecule has 3 aromatic rings. The lowest BCUT2D eigenvalue weighted by Gasteiger charge is -2.26. The molecule has 0 aromatic heterocycles. The van der Waals surface area contributed by atoms with Gasteiger partial charge in [-0.2, -0.15) is 0 Å². The first kappa shape index (κ1) is 27.8. The van der Waals surface area contributed by atoms with Gasteiger partial charge in [-0.25, -0.2) is 0 Å². The third kappa shape index (κ3) is 5.93. The molecule has 1 N–H and O–H groups in total. The molecule has 4 rings (SSSR count). The zero-order chi connectivity index (χ0) is 28.1. The smallest absolute Gasteiger partial charge is 0.300 e. The standard InChI is InChI=1S/C32H35NO6/c1-6-37-25-15-16-26(27(18-25)38-7-2)30(34)28-29(22-10-8-9-21(5)17-22)33(32(36)31(28)35)23-11-13-24(14-12-23)39-19-20(3)4/h8-18,20,29,34H,6-7,19H2,1-5H3/b30-28-. The minimum atomic E-state index is -0.839. The van der Waals surface area contributed by atoms with Crippen molar-refractivity contribution in [1.29, 1.82) is 0 Å². The molecule has 0 bridgehead atoms. The zero-order valence-electron chi connectivity index (χ0n) is 23.1. The van der Waals surface area contributed by atoms with Gasteiger partial charge in [0.05, 0.1) is 37.0 Å². The number of rotatable bonds is 10. The average molecular weight is 530 g/mol. The number of hydrogen-bond donors (Lipinski definition) is 1. The van der Waals surface area contributed by atoms with Crippen molar-refractivity contribution in [2.75, 3.05) is 24.7 Å². The first-order chi connectivity index (χ1) is 18.7. The van der Waals surface area contributed by atoms with E-state index in [9.17, 15) is 14.7 Å². The largest absolute Gasteiger partial charge is 0.507 e. The molecule has 3 aromatic carbocycles. The van der Waals surface area contributed by atoms with Gasteiger partial charge in [0.15, 0.2) is 0 Å². The van der Waals surface area contributed by atoms with Crippen molar-refractivity contribution >= 4 is 23.1 Å². The summed E-state index contributed by atoms with van der Waals surface area (Å²) >= 11 is 0. The van der Waals surface area contributed by atoms with Crippen molar-refractivity contribution in [1.82, 2.24) is 0 Å². The zero-order valence-corrected chi connectivity index (χ0v) is 23.1. The Bertz CT molecular complexity index is 1380. The van der Waals surface area contributed by atoms with Crippen LogP contribution < -0.4 is 19.1 Å². The summed E-state index contributed by atoms with van der Waals surface area (Å²) in [7, 11) is 0. The number of Topliss-reactive ketones (excluding diaryl/α,β-unsaturated/α-hetero) is 1. The Kier molecular flexibility index (Phi) is 8.59. The number of carbonyl (C=O) groups is 2. The summed E-state index contributed by atoms with van der Waals surface area (Å²) in [6, 6.07) is 18.8. The number of ether oxygens (including phenoxy) is 3. The monoisotopic (exact) mass is 529 g/mol. The van der Waals surface area contributed by atoms with E-state index in [2.05, 4.69) is 13.8 Å². The minimum Gasteiger partial charge on any atom is -0.507 e. The van der Waals surface area contributed by atoms with Crippen LogP contribution in [0.15, 0.2) is 72.3 Å². The lowest BCUT2D eigenvalue weighted by atomic mass is 9.94. The van der Waals surface area contributed by atoms with Crippen LogP contribution in [0.2, 0.25) is 0 Å². The molecule has 0 aliphatic carbocycles. The third-order valence-corrected chi connectivity index (χ3v) is 6.32. The third-order valence-electron chi connectivity index (χ3n) is 6.32. The number of carbonyl (C=O) groups excluding carboxylic acids is 2. The molecule has 1 aliphatic rings. The van der Waals surface area contributed by atoms with E-state index in [1.165, 1.54) is 4.90 Å². The van der Waals surface area contributed by atoms with Crippen molar-refractivity contribution in [3.05, 3.63) is 89.0 Å². The fourth-order valence-corrected chi connectivity index (χ4v) is 4.60.